The lowest BCUT2D eigenvalue weighted by molar-refractivity contribution is -0.193. The average Bonchev–Trinajstić information content (AvgIpc) is 3.78. The number of ether oxygens (including phenoxy) is 4. The van der Waals surface area contributed by atoms with E-state index < -0.39 is 35.9 Å². The summed E-state index contributed by atoms with van der Waals surface area (Å²) in [4.78, 5) is 27.7. The van der Waals surface area contributed by atoms with Crippen molar-refractivity contribution >= 4 is 29.1 Å². The number of H-pyrrole nitrogens is 1. The molecular formula is C36H38F7N5O8. The summed E-state index contributed by atoms with van der Waals surface area (Å²) in [5.41, 5.74) is 9.74. The smallest absolute Gasteiger partial charge is 0.490 e. The van der Waals surface area contributed by atoms with Crippen molar-refractivity contribution in [2.45, 2.75) is 58.5 Å². The highest BCUT2D eigenvalue weighted by Crippen LogP contribution is 2.40. The van der Waals surface area contributed by atoms with E-state index in [2.05, 4.69) is 9.97 Å². The number of aliphatic carboxylic acids is 2. The molecule has 0 radical (unpaired) electrons. The monoisotopic (exact) mass is 801 g/mol. The maximum atomic E-state index is 16.1. The number of benzene rings is 3. The van der Waals surface area contributed by atoms with Gasteiger partial charge >= 0.3 is 24.3 Å². The molecule has 20 heteroatoms. The van der Waals surface area contributed by atoms with Crippen molar-refractivity contribution in [2.24, 2.45) is 5.73 Å². The fourth-order valence-corrected chi connectivity index (χ4v) is 4.99. The highest BCUT2D eigenvalue weighted by molar-refractivity contribution is 5.95. The molecule has 1 aliphatic rings. The number of carbonyl (C=O) groups is 2. The lowest BCUT2D eigenvalue weighted by Crippen LogP contribution is -2.23. The quantitative estimate of drug-likeness (QED) is 0.0573. The largest absolute Gasteiger partial charge is 0.494 e. The summed E-state index contributed by atoms with van der Waals surface area (Å²) in [6, 6.07) is 18.1. The Morgan fingerprint density at radius 1 is 1.00 bits per heavy atom. The number of hydrogen-bond acceptors (Lipinski definition) is 9. The SMILES string of the molecule is CCOc1cc(OC(C)C)c(F)c(N(Cc2ncc(-c3ccccc3C3(C)OCCO3)[nH]2)c2ccc(C(=N)N)cc2)c1.O=C(O)C(F)(F)F.O=C(O)C(F)(F)F. The molecule has 0 amide bonds. The van der Waals surface area contributed by atoms with Gasteiger partial charge in [0.05, 0.1) is 50.0 Å². The number of carboxylic acid groups (broad SMARTS) is 2. The third-order valence-electron chi connectivity index (χ3n) is 7.41. The lowest BCUT2D eigenvalue weighted by atomic mass is 9.98. The fraction of sp³-hybridized carbons (Fsp3) is 0.333. The Balaban J connectivity index is 0.000000512. The van der Waals surface area contributed by atoms with Crippen LogP contribution in [0.1, 0.15) is 44.6 Å². The number of nitrogen functional groups attached to an aromatic ring is 1. The number of nitrogens with one attached hydrogen (secondary N) is 2. The average molecular weight is 802 g/mol. The predicted octanol–water partition coefficient (Wildman–Crippen LogP) is 7.51. The minimum atomic E-state index is -5.08. The Kier molecular flexibility index (Phi) is 14.8. The van der Waals surface area contributed by atoms with E-state index in [9.17, 15) is 26.3 Å². The van der Waals surface area contributed by atoms with Crippen LogP contribution in [0.15, 0.2) is 66.9 Å². The zero-order valence-corrected chi connectivity index (χ0v) is 30.2. The maximum absolute atomic E-state index is 16.1. The molecule has 4 aromatic rings. The Bertz CT molecular complexity index is 1940. The lowest BCUT2D eigenvalue weighted by Gasteiger charge is -2.27. The number of aromatic amines is 1. The van der Waals surface area contributed by atoms with Gasteiger partial charge in [-0.1, -0.05) is 24.3 Å². The van der Waals surface area contributed by atoms with Crippen LogP contribution in [-0.4, -0.2) is 76.2 Å². The number of hydrogen-bond donors (Lipinski definition) is 5. The van der Waals surface area contributed by atoms with E-state index in [0.717, 1.165) is 16.8 Å². The first kappa shape index (κ1) is 44.5. The predicted molar refractivity (Wildman–Crippen MR) is 187 cm³/mol. The number of imidazole rings is 1. The zero-order valence-electron chi connectivity index (χ0n) is 30.2. The topological polar surface area (TPSA) is 193 Å². The molecule has 2 heterocycles. The van der Waals surface area contributed by atoms with Crippen molar-refractivity contribution < 1.29 is 69.5 Å². The Hall–Kier alpha value is -5.89. The van der Waals surface area contributed by atoms with Crippen LogP contribution in [0.5, 0.6) is 11.5 Å². The van der Waals surface area contributed by atoms with Gasteiger partial charge in [0.2, 0.25) is 0 Å². The molecule has 304 valence electrons. The van der Waals surface area contributed by atoms with Crippen molar-refractivity contribution in [2.75, 3.05) is 24.7 Å². The second-order valence-corrected chi connectivity index (χ2v) is 11.9. The van der Waals surface area contributed by atoms with Gasteiger partial charge in [0.1, 0.15) is 17.4 Å². The van der Waals surface area contributed by atoms with Crippen LogP contribution in [-0.2, 0) is 31.4 Å². The minimum Gasteiger partial charge on any atom is -0.494 e. The van der Waals surface area contributed by atoms with Crippen molar-refractivity contribution in [3.05, 3.63) is 89.6 Å². The van der Waals surface area contributed by atoms with Crippen LogP contribution in [0.25, 0.3) is 11.3 Å². The summed E-state index contributed by atoms with van der Waals surface area (Å²) in [6.07, 6.45) is -8.65. The molecule has 0 unspecified atom stereocenters. The van der Waals surface area contributed by atoms with Gasteiger partial charge < -0.3 is 44.8 Å². The molecule has 5 rings (SSSR count). The third-order valence-corrected chi connectivity index (χ3v) is 7.41. The fourth-order valence-electron chi connectivity index (χ4n) is 4.99. The molecule has 0 atom stereocenters. The molecule has 56 heavy (non-hydrogen) atoms. The number of nitrogens with zero attached hydrogens (tertiary/aromatic N) is 2. The van der Waals surface area contributed by atoms with E-state index in [1.165, 1.54) is 0 Å². The van der Waals surface area contributed by atoms with Gasteiger partial charge in [-0.05, 0) is 52.0 Å². The van der Waals surface area contributed by atoms with Crippen LogP contribution >= 0.6 is 0 Å². The first-order valence-corrected chi connectivity index (χ1v) is 16.4. The molecule has 0 saturated carbocycles. The molecule has 0 bridgehead atoms. The summed E-state index contributed by atoms with van der Waals surface area (Å²) >= 11 is 0. The van der Waals surface area contributed by atoms with Crippen molar-refractivity contribution in [3.63, 3.8) is 0 Å². The Morgan fingerprint density at radius 2 is 1.55 bits per heavy atom. The van der Waals surface area contributed by atoms with Gasteiger partial charge in [0.25, 0.3) is 0 Å². The van der Waals surface area contributed by atoms with Crippen LogP contribution in [0.3, 0.4) is 0 Å². The number of rotatable bonds is 11. The summed E-state index contributed by atoms with van der Waals surface area (Å²) in [5, 5.41) is 22.0. The molecule has 1 saturated heterocycles. The van der Waals surface area contributed by atoms with Gasteiger partial charge in [-0.25, -0.2) is 19.0 Å². The summed E-state index contributed by atoms with van der Waals surface area (Å²) in [6.45, 7) is 9.11. The van der Waals surface area contributed by atoms with Gasteiger partial charge in [-0.15, -0.1) is 0 Å². The van der Waals surface area contributed by atoms with Gasteiger partial charge in [-0.2, -0.15) is 26.3 Å². The van der Waals surface area contributed by atoms with Gasteiger partial charge in [-0.3, -0.25) is 5.41 Å². The van der Waals surface area contributed by atoms with Crippen molar-refractivity contribution in [1.82, 2.24) is 9.97 Å². The number of halogens is 7. The third kappa shape index (κ3) is 12.1. The minimum absolute atomic E-state index is 0.0523. The van der Waals surface area contributed by atoms with Crippen LogP contribution in [0.2, 0.25) is 0 Å². The number of anilines is 2. The molecule has 1 aromatic heterocycles. The standard InChI is InChI=1S/C32H36FN5O4.2C2HF3O2/c1-5-39-23-16-27(30(33)28(17-23)42-20(2)3)38(22-12-10-21(11-13-22)31(34)35)19-29-36-18-26(37-29)24-8-6-7-9-25(24)32(4)40-14-15-41-32;2*3-2(4,5)1(6)7/h6-13,16-18,20H,5,14-15,19H2,1-4H3,(H3,34,35)(H,36,37);2*(H,6,7). The number of nitrogens with two attached hydrogens (primary N) is 1. The maximum Gasteiger partial charge on any atom is 0.490 e. The number of amidine groups is 1. The molecule has 0 spiro atoms. The number of aromatic nitrogens is 2. The first-order valence-electron chi connectivity index (χ1n) is 16.4. The molecule has 1 fully saturated rings. The summed E-state index contributed by atoms with van der Waals surface area (Å²) < 4.78 is 103. The second-order valence-electron chi connectivity index (χ2n) is 11.9. The molecule has 3 aromatic carbocycles. The van der Waals surface area contributed by atoms with Gasteiger partial charge in [0, 0.05) is 34.5 Å². The van der Waals surface area contributed by atoms with E-state index >= 15 is 4.39 Å². The van der Waals surface area contributed by atoms with Crippen LogP contribution < -0.4 is 20.1 Å². The molecule has 6 N–H and O–H groups in total. The van der Waals surface area contributed by atoms with E-state index in [4.69, 9.17) is 49.9 Å². The number of carboxylic acids is 2. The highest BCUT2D eigenvalue weighted by atomic mass is 19.4. The molecule has 13 nitrogen and oxygen atoms in total. The van der Waals surface area contributed by atoms with E-state index in [1.807, 2.05) is 52.0 Å². The van der Waals surface area contributed by atoms with Gasteiger partial charge in [0.15, 0.2) is 17.4 Å². The van der Waals surface area contributed by atoms with E-state index in [0.29, 0.717) is 42.6 Å². The van der Waals surface area contributed by atoms with Crippen LogP contribution in [0, 0.1) is 11.2 Å². The molecule has 1 aliphatic heterocycles. The van der Waals surface area contributed by atoms with Crippen molar-refractivity contribution in [1.29, 1.82) is 5.41 Å². The Morgan fingerprint density at radius 3 is 2.05 bits per heavy atom. The molecule has 0 aliphatic carbocycles. The summed E-state index contributed by atoms with van der Waals surface area (Å²) in [5.74, 6) is -5.78. The Labute approximate surface area is 315 Å². The van der Waals surface area contributed by atoms with Crippen LogP contribution in [0.4, 0.5) is 42.1 Å². The summed E-state index contributed by atoms with van der Waals surface area (Å²) in [7, 11) is 0. The highest BCUT2D eigenvalue weighted by Gasteiger charge is 2.39. The zero-order chi connectivity index (χ0) is 42.0. The number of alkyl halides is 6. The van der Waals surface area contributed by atoms with E-state index in [-0.39, 0.29) is 29.9 Å². The second kappa shape index (κ2) is 18.6. The van der Waals surface area contributed by atoms with Crippen molar-refractivity contribution in [3.8, 4) is 22.8 Å². The van der Waals surface area contributed by atoms with E-state index in [1.54, 1.807) is 47.5 Å². The first-order chi connectivity index (χ1) is 26.1. The normalized spacial score (nSPS) is 13.5. The molecular weight excluding hydrogens is 763 g/mol.